The first-order valence-corrected chi connectivity index (χ1v) is 8.29. The maximum atomic E-state index is 12.8. The molecule has 0 unspecified atom stereocenters. The molecule has 7 nitrogen and oxygen atoms in total. The molecule has 1 aromatic heterocycles. The van der Waals surface area contributed by atoms with Gasteiger partial charge in [-0.25, -0.2) is 13.4 Å². The summed E-state index contributed by atoms with van der Waals surface area (Å²) in [6, 6.07) is 5.32. The minimum absolute atomic E-state index is 0.0483. The minimum Gasteiger partial charge on any atom is -0.355 e. The highest BCUT2D eigenvalue weighted by atomic mass is 32.2. The fourth-order valence-corrected chi connectivity index (χ4v) is 3.16. The molecule has 2 rings (SSSR count). The van der Waals surface area contributed by atoms with Gasteiger partial charge in [-0.15, -0.1) is 0 Å². The smallest absolute Gasteiger partial charge is 0.319 e. The third-order valence-electron chi connectivity index (χ3n) is 3.37. The Labute approximate surface area is 138 Å². The molecule has 10 heteroatoms. The molecule has 1 aromatic carbocycles. The van der Waals surface area contributed by atoms with Crippen molar-refractivity contribution in [1.82, 2.24) is 19.2 Å². The number of nitrogens with zero attached hydrogens (tertiary/aromatic N) is 3. The van der Waals surface area contributed by atoms with Crippen LogP contribution in [0.4, 0.5) is 8.78 Å². The Balaban J connectivity index is 2.23. The van der Waals surface area contributed by atoms with Crippen LogP contribution in [0.2, 0.25) is 0 Å². The fraction of sp³-hybridized carbons (Fsp3) is 0.286. The topological polar surface area (TPSA) is 84.3 Å². The van der Waals surface area contributed by atoms with Crippen LogP contribution >= 0.6 is 0 Å². The summed E-state index contributed by atoms with van der Waals surface area (Å²) in [6.45, 7) is -3.11. The van der Waals surface area contributed by atoms with Gasteiger partial charge < -0.3 is 5.32 Å². The second kappa shape index (κ2) is 7.05. The van der Waals surface area contributed by atoms with Gasteiger partial charge in [0.25, 0.3) is 5.91 Å². The molecule has 0 radical (unpaired) electrons. The van der Waals surface area contributed by atoms with Crippen LogP contribution in [-0.2, 0) is 16.6 Å². The number of halogens is 2. The third-order valence-corrected chi connectivity index (χ3v) is 5.19. The van der Waals surface area contributed by atoms with E-state index >= 15 is 0 Å². The van der Waals surface area contributed by atoms with Crippen molar-refractivity contribution in [3.05, 3.63) is 48.0 Å². The van der Waals surface area contributed by atoms with Crippen LogP contribution in [0.1, 0.15) is 22.7 Å². The predicted molar refractivity (Wildman–Crippen MR) is 82.0 cm³/mol. The molecule has 1 heterocycles. The summed E-state index contributed by atoms with van der Waals surface area (Å²) < 4.78 is 52.1. The van der Waals surface area contributed by atoms with E-state index in [1.807, 2.05) is 0 Å². The second-order valence-corrected chi connectivity index (χ2v) is 6.94. The SMILES string of the molecule is CNC(=O)c1ccc(S(=O)(=O)N(C)Cc2nccn2C(F)F)cc1. The monoisotopic (exact) mass is 358 g/mol. The van der Waals surface area contributed by atoms with E-state index < -0.39 is 16.6 Å². The third kappa shape index (κ3) is 3.60. The van der Waals surface area contributed by atoms with Gasteiger partial charge >= 0.3 is 6.55 Å². The molecule has 0 aliphatic rings. The molecular formula is C14H16F2N4O3S. The van der Waals surface area contributed by atoms with E-state index in [0.717, 1.165) is 10.5 Å². The highest BCUT2D eigenvalue weighted by Gasteiger charge is 2.23. The second-order valence-electron chi connectivity index (χ2n) is 4.89. The Morgan fingerprint density at radius 1 is 1.33 bits per heavy atom. The molecule has 0 bridgehead atoms. The van der Waals surface area contributed by atoms with E-state index in [-0.39, 0.29) is 23.2 Å². The van der Waals surface area contributed by atoms with Crippen molar-refractivity contribution in [2.45, 2.75) is 18.0 Å². The summed E-state index contributed by atoms with van der Waals surface area (Å²) >= 11 is 0. The molecule has 1 amide bonds. The van der Waals surface area contributed by atoms with E-state index in [0.29, 0.717) is 10.1 Å². The standard InChI is InChI=1S/C14H16F2N4O3S/c1-17-13(21)10-3-5-11(6-4-10)24(22,23)19(2)9-12-18-7-8-20(12)14(15)16/h3-8,14H,9H2,1-2H3,(H,17,21). The van der Waals surface area contributed by atoms with E-state index in [2.05, 4.69) is 10.3 Å². The molecule has 0 saturated carbocycles. The molecule has 24 heavy (non-hydrogen) atoms. The lowest BCUT2D eigenvalue weighted by atomic mass is 10.2. The van der Waals surface area contributed by atoms with Gasteiger partial charge in [-0.05, 0) is 24.3 Å². The van der Waals surface area contributed by atoms with Crippen LogP contribution in [0.3, 0.4) is 0 Å². The number of sulfonamides is 1. The van der Waals surface area contributed by atoms with E-state index in [1.54, 1.807) is 0 Å². The summed E-state index contributed by atoms with van der Waals surface area (Å²) in [6.07, 6.45) is 2.26. The van der Waals surface area contributed by atoms with Crippen LogP contribution in [-0.4, -0.2) is 42.3 Å². The van der Waals surface area contributed by atoms with Gasteiger partial charge in [0.05, 0.1) is 11.4 Å². The zero-order chi connectivity index (χ0) is 17.9. The molecule has 2 aromatic rings. The number of carbonyl (C=O) groups is 1. The molecule has 130 valence electrons. The number of amides is 1. The zero-order valence-corrected chi connectivity index (χ0v) is 13.8. The summed E-state index contributed by atoms with van der Waals surface area (Å²) in [5.74, 6) is -0.413. The fourth-order valence-electron chi connectivity index (χ4n) is 2.03. The Bertz CT molecular complexity index is 819. The van der Waals surface area contributed by atoms with Crippen LogP contribution in [0, 0.1) is 0 Å². The highest BCUT2D eigenvalue weighted by molar-refractivity contribution is 7.89. The van der Waals surface area contributed by atoms with Gasteiger partial charge in [0, 0.05) is 32.1 Å². The van der Waals surface area contributed by atoms with E-state index in [4.69, 9.17) is 0 Å². The molecule has 0 aliphatic carbocycles. The van der Waals surface area contributed by atoms with Crippen molar-refractivity contribution in [1.29, 1.82) is 0 Å². The Morgan fingerprint density at radius 3 is 2.50 bits per heavy atom. The minimum atomic E-state index is -3.90. The predicted octanol–water partition coefficient (Wildman–Crippen LogP) is 1.46. The number of nitrogens with one attached hydrogen (secondary N) is 1. The molecule has 0 saturated heterocycles. The van der Waals surface area contributed by atoms with Crippen molar-refractivity contribution in [2.24, 2.45) is 0 Å². The Hall–Kier alpha value is -2.33. The van der Waals surface area contributed by atoms with E-state index in [1.165, 1.54) is 44.6 Å². The first-order chi connectivity index (χ1) is 11.3. The van der Waals surface area contributed by atoms with Gasteiger partial charge in [0.1, 0.15) is 5.82 Å². The molecular weight excluding hydrogens is 342 g/mol. The zero-order valence-electron chi connectivity index (χ0n) is 13.0. The lowest BCUT2D eigenvalue weighted by Gasteiger charge is -2.17. The van der Waals surface area contributed by atoms with Crippen LogP contribution in [0.5, 0.6) is 0 Å². The summed E-state index contributed by atoms with van der Waals surface area (Å²) in [5, 5.41) is 2.43. The average Bonchev–Trinajstić information content (AvgIpc) is 3.02. The van der Waals surface area contributed by atoms with Gasteiger partial charge in [0.2, 0.25) is 10.0 Å². The number of benzene rings is 1. The van der Waals surface area contributed by atoms with E-state index in [9.17, 15) is 22.0 Å². The van der Waals surface area contributed by atoms with Crippen molar-refractivity contribution in [3.63, 3.8) is 0 Å². The van der Waals surface area contributed by atoms with Crippen LogP contribution < -0.4 is 5.32 Å². The average molecular weight is 358 g/mol. The number of imidazole rings is 1. The normalized spacial score (nSPS) is 11.9. The maximum absolute atomic E-state index is 12.8. The Kier molecular flexibility index (Phi) is 5.30. The molecule has 1 N–H and O–H groups in total. The molecule has 0 spiro atoms. The lowest BCUT2D eigenvalue weighted by Crippen LogP contribution is -2.28. The molecule has 0 aliphatic heterocycles. The molecule has 0 fully saturated rings. The number of alkyl halides is 2. The summed E-state index contributed by atoms with van der Waals surface area (Å²) in [7, 11) is -1.17. The first kappa shape index (κ1) is 18.0. The number of aromatic nitrogens is 2. The molecule has 0 atom stereocenters. The lowest BCUT2D eigenvalue weighted by molar-refractivity contribution is 0.0658. The van der Waals surface area contributed by atoms with Crippen molar-refractivity contribution in [3.8, 4) is 0 Å². The van der Waals surface area contributed by atoms with Gasteiger partial charge in [-0.3, -0.25) is 9.36 Å². The van der Waals surface area contributed by atoms with Crippen molar-refractivity contribution >= 4 is 15.9 Å². The highest BCUT2D eigenvalue weighted by Crippen LogP contribution is 2.19. The summed E-state index contributed by atoms with van der Waals surface area (Å²) in [5.41, 5.74) is 0.312. The van der Waals surface area contributed by atoms with Gasteiger partial charge in [-0.1, -0.05) is 0 Å². The van der Waals surface area contributed by atoms with Crippen molar-refractivity contribution in [2.75, 3.05) is 14.1 Å². The number of carbonyl (C=O) groups excluding carboxylic acids is 1. The van der Waals surface area contributed by atoms with Crippen molar-refractivity contribution < 1.29 is 22.0 Å². The quantitative estimate of drug-likeness (QED) is 0.847. The summed E-state index contributed by atoms with van der Waals surface area (Å²) in [4.78, 5) is 15.2. The largest absolute Gasteiger partial charge is 0.355 e. The van der Waals surface area contributed by atoms with Gasteiger partial charge in [0.15, 0.2) is 0 Å². The number of hydrogen-bond donors (Lipinski definition) is 1. The van der Waals surface area contributed by atoms with Crippen LogP contribution in [0.25, 0.3) is 0 Å². The maximum Gasteiger partial charge on any atom is 0.319 e. The Morgan fingerprint density at radius 2 is 1.96 bits per heavy atom. The number of rotatable bonds is 6. The first-order valence-electron chi connectivity index (χ1n) is 6.85. The van der Waals surface area contributed by atoms with Gasteiger partial charge in [-0.2, -0.15) is 13.1 Å². The van der Waals surface area contributed by atoms with Crippen LogP contribution in [0.15, 0.2) is 41.6 Å². The number of hydrogen-bond acceptors (Lipinski definition) is 4.